The minimum Gasteiger partial charge on any atom is -0.450 e. The van der Waals surface area contributed by atoms with Gasteiger partial charge < -0.3 is 19.4 Å². The molecule has 3 aliphatic heterocycles. The van der Waals surface area contributed by atoms with E-state index in [-0.39, 0.29) is 42.8 Å². The average Bonchev–Trinajstić information content (AvgIpc) is 3.22. The van der Waals surface area contributed by atoms with E-state index in [0.29, 0.717) is 57.8 Å². The Hall–Kier alpha value is -1.61. The van der Waals surface area contributed by atoms with Crippen LogP contribution in [-0.4, -0.2) is 125 Å². The summed E-state index contributed by atoms with van der Waals surface area (Å²) in [4.78, 5) is 36.3. The molecule has 3 fully saturated rings. The standard InChI is InChI=1S/C26H48FN5O3/c1-8-35-26(34)30-14-21(7)32(19(4)5)24(17-30)10-9-23-16-29(13-20(6)31(23)18(2)3)25(33)28-12-11-22(27)15-28/h18-24H,8-17H2,1-7H3/t20-,21+,22?,23+,24-/m0/s1. The quantitative estimate of drug-likeness (QED) is 0.561. The zero-order chi connectivity index (χ0) is 25.9. The van der Waals surface area contributed by atoms with E-state index in [1.165, 1.54) is 0 Å². The van der Waals surface area contributed by atoms with Gasteiger partial charge in [0.25, 0.3) is 0 Å². The lowest BCUT2D eigenvalue weighted by Crippen LogP contribution is -2.63. The van der Waals surface area contributed by atoms with Gasteiger partial charge in [-0.15, -0.1) is 0 Å². The van der Waals surface area contributed by atoms with E-state index in [0.717, 1.165) is 12.8 Å². The largest absolute Gasteiger partial charge is 0.450 e. The van der Waals surface area contributed by atoms with Crippen molar-refractivity contribution in [3.63, 3.8) is 0 Å². The van der Waals surface area contributed by atoms with Gasteiger partial charge in [-0.25, -0.2) is 14.0 Å². The second-order valence-electron chi connectivity index (χ2n) is 11.3. The Kier molecular flexibility index (Phi) is 9.66. The van der Waals surface area contributed by atoms with E-state index >= 15 is 0 Å². The fraction of sp³-hybridized carbons (Fsp3) is 0.923. The number of rotatable bonds is 6. The third-order valence-electron chi connectivity index (χ3n) is 7.92. The Morgan fingerprint density at radius 2 is 1.34 bits per heavy atom. The molecule has 0 saturated carbocycles. The van der Waals surface area contributed by atoms with Gasteiger partial charge in [0.2, 0.25) is 0 Å². The van der Waals surface area contributed by atoms with Crippen LogP contribution in [0.15, 0.2) is 0 Å². The average molecular weight is 498 g/mol. The lowest BCUT2D eigenvalue weighted by Gasteiger charge is -2.50. The van der Waals surface area contributed by atoms with E-state index < -0.39 is 6.17 Å². The SMILES string of the molecule is CCOC(=O)N1C[C@H](CC[C@@H]2CN(C(=O)N3CCC(F)C3)C[C@H](C)N2C(C)C)N(C(C)C)[C@H](C)C1. The predicted octanol–water partition coefficient (Wildman–Crippen LogP) is 3.65. The molecule has 0 radical (unpaired) electrons. The summed E-state index contributed by atoms with van der Waals surface area (Å²) >= 11 is 0. The predicted molar refractivity (Wildman–Crippen MR) is 136 cm³/mol. The first-order valence-corrected chi connectivity index (χ1v) is 13.7. The maximum atomic E-state index is 13.8. The first kappa shape index (κ1) is 28.0. The summed E-state index contributed by atoms with van der Waals surface area (Å²) in [6.45, 7) is 18.9. The molecule has 3 heterocycles. The summed E-state index contributed by atoms with van der Waals surface area (Å²) < 4.78 is 19.1. The number of likely N-dealkylation sites (tertiary alicyclic amines) is 1. The van der Waals surface area contributed by atoms with Crippen molar-refractivity contribution in [3.8, 4) is 0 Å². The van der Waals surface area contributed by atoms with Crippen LogP contribution < -0.4 is 0 Å². The molecular formula is C26H48FN5O3. The van der Waals surface area contributed by atoms with Crippen molar-refractivity contribution < 1.29 is 18.7 Å². The Balaban J connectivity index is 1.72. The summed E-state index contributed by atoms with van der Waals surface area (Å²) in [6, 6.07) is 1.70. The van der Waals surface area contributed by atoms with Crippen molar-refractivity contribution in [1.82, 2.24) is 24.5 Å². The molecule has 0 bridgehead atoms. The number of alkyl halides is 1. The smallest absolute Gasteiger partial charge is 0.409 e. The molecule has 202 valence electrons. The van der Waals surface area contributed by atoms with Crippen molar-refractivity contribution in [2.75, 3.05) is 45.9 Å². The van der Waals surface area contributed by atoms with E-state index in [2.05, 4.69) is 51.3 Å². The maximum Gasteiger partial charge on any atom is 0.409 e. The minimum absolute atomic E-state index is 0.0195. The zero-order valence-electron chi connectivity index (χ0n) is 23.0. The second-order valence-corrected chi connectivity index (χ2v) is 11.3. The Morgan fingerprint density at radius 3 is 1.80 bits per heavy atom. The van der Waals surface area contributed by atoms with Gasteiger partial charge in [0.05, 0.1) is 13.2 Å². The molecule has 3 aliphatic rings. The minimum atomic E-state index is -0.901. The van der Waals surface area contributed by atoms with Crippen LogP contribution in [-0.2, 0) is 4.74 Å². The van der Waals surface area contributed by atoms with E-state index in [4.69, 9.17) is 4.74 Å². The van der Waals surface area contributed by atoms with Gasteiger partial charge in [-0.3, -0.25) is 9.80 Å². The van der Waals surface area contributed by atoms with Crippen LogP contribution in [0, 0.1) is 0 Å². The highest BCUT2D eigenvalue weighted by Crippen LogP contribution is 2.28. The first-order valence-electron chi connectivity index (χ1n) is 13.7. The van der Waals surface area contributed by atoms with Crippen LogP contribution in [0.5, 0.6) is 0 Å². The Morgan fingerprint density at radius 1 is 0.829 bits per heavy atom. The number of urea groups is 1. The van der Waals surface area contributed by atoms with Crippen LogP contribution >= 0.6 is 0 Å². The molecule has 0 aliphatic carbocycles. The van der Waals surface area contributed by atoms with Gasteiger partial charge in [-0.05, 0) is 67.7 Å². The number of piperazine rings is 2. The fourth-order valence-electron chi connectivity index (χ4n) is 6.73. The molecule has 8 nitrogen and oxygen atoms in total. The Labute approximate surface area is 211 Å². The topological polar surface area (TPSA) is 59.6 Å². The molecule has 9 heteroatoms. The zero-order valence-corrected chi connectivity index (χ0v) is 23.0. The van der Waals surface area contributed by atoms with Crippen molar-refractivity contribution >= 4 is 12.1 Å². The van der Waals surface area contributed by atoms with Gasteiger partial charge in [0.15, 0.2) is 0 Å². The lowest BCUT2D eigenvalue weighted by atomic mass is 9.94. The van der Waals surface area contributed by atoms with Crippen LogP contribution in [0.3, 0.4) is 0 Å². The van der Waals surface area contributed by atoms with Gasteiger partial charge in [-0.1, -0.05) is 0 Å². The van der Waals surface area contributed by atoms with Gasteiger partial charge >= 0.3 is 12.1 Å². The highest BCUT2D eigenvalue weighted by Gasteiger charge is 2.40. The number of carbonyl (C=O) groups excluding carboxylic acids is 2. The molecule has 0 aromatic heterocycles. The molecule has 3 amide bonds. The third kappa shape index (κ3) is 6.59. The molecule has 0 aromatic carbocycles. The van der Waals surface area contributed by atoms with Crippen LogP contribution in [0.4, 0.5) is 14.0 Å². The van der Waals surface area contributed by atoms with Gasteiger partial charge in [0, 0.05) is 69.0 Å². The first-order chi connectivity index (χ1) is 16.5. The second kappa shape index (κ2) is 12.1. The lowest BCUT2D eigenvalue weighted by molar-refractivity contribution is -0.0137. The number of ether oxygens (including phenoxy) is 1. The fourth-order valence-corrected chi connectivity index (χ4v) is 6.73. The molecule has 1 unspecified atom stereocenters. The molecule has 0 N–H and O–H groups in total. The van der Waals surface area contributed by atoms with E-state index in [1.807, 2.05) is 16.7 Å². The number of nitrogens with zero attached hydrogens (tertiary/aromatic N) is 5. The molecule has 3 rings (SSSR count). The van der Waals surface area contributed by atoms with Gasteiger partial charge in [0.1, 0.15) is 6.17 Å². The maximum absolute atomic E-state index is 13.8. The highest BCUT2D eigenvalue weighted by atomic mass is 19.1. The van der Waals surface area contributed by atoms with Crippen LogP contribution in [0.2, 0.25) is 0 Å². The van der Waals surface area contributed by atoms with Crippen LogP contribution in [0.25, 0.3) is 0 Å². The highest BCUT2D eigenvalue weighted by molar-refractivity contribution is 5.75. The monoisotopic (exact) mass is 497 g/mol. The molecule has 0 aromatic rings. The summed E-state index contributed by atoms with van der Waals surface area (Å²) in [5.74, 6) is 0. The van der Waals surface area contributed by atoms with Gasteiger partial charge in [-0.2, -0.15) is 0 Å². The number of amides is 3. The van der Waals surface area contributed by atoms with Crippen molar-refractivity contribution in [3.05, 3.63) is 0 Å². The Bertz CT molecular complexity index is 723. The number of hydrogen-bond donors (Lipinski definition) is 0. The normalized spacial score (nSPS) is 31.0. The van der Waals surface area contributed by atoms with E-state index in [1.54, 1.807) is 4.90 Å². The summed E-state index contributed by atoms with van der Waals surface area (Å²) in [7, 11) is 0. The number of halogens is 1. The molecule has 0 spiro atoms. The third-order valence-corrected chi connectivity index (χ3v) is 7.92. The van der Waals surface area contributed by atoms with Crippen molar-refractivity contribution in [2.45, 2.75) is 110 Å². The van der Waals surface area contributed by atoms with Crippen molar-refractivity contribution in [2.24, 2.45) is 0 Å². The molecule has 3 saturated heterocycles. The van der Waals surface area contributed by atoms with E-state index in [9.17, 15) is 14.0 Å². The summed E-state index contributed by atoms with van der Waals surface area (Å²) in [5, 5.41) is 0. The number of hydrogen-bond acceptors (Lipinski definition) is 5. The van der Waals surface area contributed by atoms with Crippen LogP contribution in [0.1, 0.15) is 67.7 Å². The molecule has 5 atom stereocenters. The summed E-state index contributed by atoms with van der Waals surface area (Å²) in [5.41, 5.74) is 0. The van der Waals surface area contributed by atoms with Crippen molar-refractivity contribution in [1.29, 1.82) is 0 Å². The summed E-state index contributed by atoms with van der Waals surface area (Å²) in [6.07, 6.45) is 1.20. The molecule has 35 heavy (non-hydrogen) atoms. The molecular weight excluding hydrogens is 449 g/mol. The number of carbonyl (C=O) groups is 2.